The van der Waals surface area contributed by atoms with Crippen molar-refractivity contribution >= 4 is 0 Å². The molecule has 0 N–H and O–H groups in total. The maximum Gasteiger partial charge on any atom is 0.168 e. The maximum atomic E-state index is 13.9. The first-order chi connectivity index (χ1) is 8.85. The first-order valence-corrected chi connectivity index (χ1v) is 6.57. The van der Waals surface area contributed by atoms with E-state index in [1.54, 1.807) is 0 Å². The summed E-state index contributed by atoms with van der Waals surface area (Å²) in [4.78, 5) is 0. The molecule has 1 aliphatic heterocycles. The Morgan fingerprint density at radius 3 is 2.63 bits per heavy atom. The van der Waals surface area contributed by atoms with Crippen molar-refractivity contribution in [2.45, 2.75) is 39.7 Å². The first-order valence-electron chi connectivity index (χ1n) is 6.57. The summed E-state index contributed by atoms with van der Waals surface area (Å²) in [6.45, 7) is 7.17. The van der Waals surface area contributed by atoms with Gasteiger partial charge in [-0.3, -0.25) is 0 Å². The predicted octanol–water partition coefficient (Wildman–Crippen LogP) is 3.72. The zero-order valence-corrected chi connectivity index (χ0v) is 11.6. The molecule has 0 aliphatic carbocycles. The lowest BCUT2D eigenvalue weighted by molar-refractivity contribution is 0.136. The van der Waals surface area contributed by atoms with Gasteiger partial charge in [0.1, 0.15) is 11.9 Å². The van der Waals surface area contributed by atoms with Crippen molar-refractivity contribution in [3.05, 3.63) is 29.3 Å². The van der Waals surface area contributed by atoms with Crippen molar-refractivity contribution in [3.8, 4) is 5.75 Å². The minimum atomic E-state index is -0.633. The van der Waals surface area contributed by atoms with E-state index in [1.807, 2.05) is 20.8 Å². The zero-order chi connectivity index (χ0) is 14.0. The number of halogens is 2. The molecule has 1 fully saturated rings. The number of benzene rings is 1. The average molecular weight is 270 g/mol. The van der Waals surface area contributed by atoms with E-state index in [4.69, 9.17) is 9.47 Å². The normalized spacial score (nSPS) is 19.7. The van der Waals surface area contributed by atoms with Gasteiger partial charge in [0.15, 0.2) is 11.6 Å². The molecule has 1 atom stereocenters. The molecule has 0 spiro atoms. The van der Waals surface area contributed by atoms with Crippen LogP contribution in [0.1, 0.15) is 32.8 Å². The average Bonchev–Trinajstić information content (AvgIpc) is 2.73. The summed E-state index contributed by atoms with van der Waals surface area (Å²) >= 11 is 0. The monoisotopic (exact) mass is 270 g/mol. The number of hydrogen-bond acceptors (Lipinski definition) is 2. The van der Waals surface area contributed by atoms with E-state index in [1.165, 1.54) is 6.07 Å². The van der Waals surface area contributed by atoms with Crippen LogP contribution in [0.3, 0.4) is 0 Å². The lowest BCUT2D eigenvalue weighted by atomic mass is 9.87. The van der Waals surface area contributed by atoms with Crippen molar-refractivity contribution in [2.24, 2.45) is 5.41 Å². The van der Waals surface area contributed by atoms with Crippen LogP contribution in [-0.2, 0) is 11.2 Å². The van der Waals surface area contributed by atoms with E-state index in [9.17, 15) is 8.78 Å². The van der Waals surface area contributed by atoms with E-state index in [2.05, 4.69) is 0 Å². The van der Waals surface area contributed by atoms with Gasteiger partial charge in [0.05, 0.1) is 13.2 Å². The van der Waals surface area contributed by atoms with E-state index < -0.39 is 11.6 Å². The molecule has 0 radical (unpaired) electrons. The molecule has 19 heavy (non-hydrogen) atoms. The maximum absolute atomic E-state index is 13.9. The number of ether oxygens (including phenoxy) is 2. The minimum Gasteiger partial charge on any atom is -0.485 e. The molecule has 0 bridgehead atoms. The molecule has 1 aliphatic rings. The summed E-state index contributed by atoms with van der Waals surface area (Å²) in [7, 11) is 0. The fraction of sp³-hybridized carbons (Fsp3) is 0.600. The summed E-state index contributed by atoms with van der Waals surface area (Å²) in [5.74, 6) is -1.02. The number of rotatable bonds is 3. The third-order valence-corrected chi connectivity index (χ3v) is 2.98. The highest BCUT2D eigenvalue weighted by Crippen LogP contribution is 2.32. The van der Waals surface area contributed by atoms with Crippen LogP contribution in [0.25, 0.3) is 0 Å². The van der Waals surface area contributed by atoms with Crippen LogP contribution < -0.4 is 4.74 Å². The van der Waals surface area contributed by atoms with Gasteiger partial charge in [-0.05, 0) is 17.9 Å². The van der Waals surface area contributed by atoms with Gasteiger partial charge >= 0.3 is 0 Å². The Labute approximate surface area is 112 Å². The second-order valence-electron chi connectivity index (χ2n) is 6.22. The molecule has 0 amide bonds. The van der Waals surface area contributed by atoms with E-state index in [0.717, 1.165) is 12.5 Å². The Bertz CT molecular complexity index is 446. The third kappa shape index (κ3) is 3.90. The van der Waals surface area contributed by atoms with Crippen molar-refractivity contribution in [1.82, 2.24) is 0 Å². The standard InChI is InChI=1S/C15H20F2O2/c1-15(2,3)8-10-6-11(16)7-13(17)14(10)19-12-4-5-18-9-12/h6-7,12H,4-5,8-9H2,1-3H3/t12-/m1/s1. The summed E-state index contributed by atoms with van der Waals surface area (Å²) in [5.41, 5.74) is 0.516. The molecule has 0 aromatic heterocycles. The number of hydrogen-bond donors (Lipinski definition) is 0. The predicted molar refractivity (Wildman–Crippen MR) is 69.4 cm³/mol. The van der Waals surface area contributed by atoms with Crippen LogP contribution in [0.5, 0.6) is 5.75 Å². The van der Waals surface area contributed by atoms with Crippen molar-refractivity contribution < 1.29 is 18.3 Å². The summed E-state index contributed by atoms with van der Waals surface area (Å²) < 4.78 is 38.2. The second-order valence-corrected chi connectivity index (χ2v) is 6.22. The van der Waals surface area contributed by atoms with Crippen LogP contribution in [-0.4, -0.2) is 19.3 Å². The Morgan fingerprint density at radius 2 is 2.05 bits per heavy atom. The summed E-state index contributed by atoms with van der Waals surface area (Å²) in [5, 5.41) is 0. The van der Waals surface area contributed by atoms with Gasteiger partial charge in [0, 0.05) is 18.1 Å². The fourth-order valence-corrected chi connectivity index (χ4v) is 2.22. The van der Waals surface area contributed by atoms with Gasteiger partial charge in [0.2, 0.25) is 0 Å². The topological polar surface area (TPSA) is 18.5 Å². The highest BCUT2D eigenvalue weighted by molar-refractivity contribution is 5.36. The van der Waals surface area contributed by atoms with E-state index in [0.29, 0.717) is 25.2 Å². The fourth-order valence-electron chi connectivity index (χ4n) is 2.22. The molecule has 1 heterocycles. The smallest absolute Gasteiger partial charge is 0.168 e. The van der Waals surface area contributed by atoms with Gasteiger partial charge < -0.3 is 9.47 Å². The SMILES string of the molecule is CC(C)(C)Cc1cc(F)cc(F)c1O[C@@H]1CCOC1. The lowest BCUT2D eigenvalue weighted by Crippen LogP contribution is -2.19. The Morgan fingerprint density at radius 1 is 1.32 bits per heavy atom. The van der Waals surface area contributed by atoms with Crippen molar-refractivity contribution in [3.63, 3.8) is 0 Å². The van der Waals surface area contributed by atoms with E-state index in [-0.39, 0.29) is 17.3 Å². The second kappa shape index (κ2) is 5.45. The minimum absolute atomic E-state index is 0.0650. The van der Waals surface area contributed by atoms with Crippen LogP contribution in [0, 0.1) is 17.0 Å². The van der Waals surface area contributed by atoms with Crippen molar-refractivity contribution in [1.29, 1.82) is 0 Å². The molecule has 2 nitrogen and oxygen atoms in total. The molecule has 1 aromatic rings. The lowest BCUT2D eigenvalue weighted by Gasteiger charge is -2.22. The highest BCUT2D eigenvalue weighted by Gasteiger charge is 2.23. The van der Waals surface area contributed by atoms with Gasteiger partial charge in [-0.2, -0.15) is 0 Å². The van der Waals surface area contributed by atoms with Gasteiger partial charge in [-0.25, -0.2) is 8.78 Å². The van der Waals surface area contributed by atoms with Gasteiger partial charge in [-0.15, -0.1) is 0 Å². The summed E-state index contributed by atoms with van der Waals surface area (Å²) in [6.07, 6.45) is 1.16. The van der Waals surface area contributed by atoms with Crippen LogP contribution in [0.2, 0.25) is 0 Å². The van der Waals surface area contributed by atoms with E-state index >= 15 is 0 Å². The van der Waals surface area contributed by atoms with Gasteiger partial charge in [-0.1, -0.05) is 20.8 Å². The molecular formula is C15H20F2O2. The van der Waals surface area contributed by atoms with Crippen molar-refractivity contribution in [2.75, 3.05) is 13.2 Å². The molecule has 1 saturated heterocycles. The van der Waals surface area contributed by atoms with Crippen LogP contribution >= 0.6 is 0 Å². The summed E-state index contributed by atoms with van der Waals surface area (Å²) in [6, 6.07) is 2.23. The largest absolute Gasteiger partial charge is 0.485 e. The van der Waals surface area contributed by atoms with Crippen LogP contribution in [0.4, 0.5) is 8.78 Å². The zero-order valence-electron chi connectivity index (χ0n) is 11.6. The Balaban J connectivity index is 2.28. The van der Waals surface area contributed by atoms with Crippen LogP contribution in [0.15, 0.2) is 12.1 Å². The quantitative estimate of drug-likeness (QED) is 0.833. The molecule has 4 heteroatoms. The molecule has 106 valence electrons. The molecule has 0 unspecified atom stereocenters. The Kier molecular flexibility index (Phi) is 4.09. The molecule has 1 aromatic carbocycles. The Hall–Kier alpha value is -1.16. The highest BCUT2D eigenvalue weighted by atomic mass is 19.1. The van der Waals surface area contributed by atoms with Gasteiger partial charge in [0.25, 0.3) is 0 Å². The molecule has 0 saturated carbocycles. The first kappa shape index (κ1) is 14.3. The molecular weight excluding hydrogens is 250 g/mol. The third-order valence-electron chi connectivity index (χ3n) is 2.98. The molecule has 2 rings (SSSR count).